The molecule has 0 saturated carbocycles. The average Bonchev–Trinajstić information content (AvgIpc) is 2.75. The Kier molecular flexibility index (Phi) is 10.4. The van der Waals surface area contributed by atoms with Gasteiger partial charge in [-0.05, 0) is 24.6 Å². The van der Waals surface area contributed by atoms with Crippen molar-refractivity contribution in [2.75, 3.05) is 46.4 Å². The Balaban J connectivity index is 0.00000300. The van der Waals surface area contributed by atoms with Crippen LogP contribution in [0.15, 0.2) is 53.7 Å². The van der Waals surface area contributed by atoms with Gasteiger partial charge in [-0.3, -0.25) is 14.9 Å². The topological polar surface area (TPSA) is 61.8 Å². The van der Waals surface area contributed by atoms with Gasteiger partial charge >= 0.3 is 0 Å². The molecule has 2 heterocycles. The van der Waals surface area contributed by atoms with E-state index in [0.29, 0.717) is 6.04 Å². The molecule has 6 nitrogen and oxygen atoms in total. The first kappa shape index (κ1) is 23.6. The Labute approximate surface area is 191 Å². The first-order valence-electron chi connectivity index (χ1n) is 9.99. The summed E-state index contributed by atoms with van der Waals surface area (Å²) in [5.41, 5.74) is 3.68. The standard InChI is InChI=1S/C22H31N5O.HI/c1-18-6-8-19(9-7-18)21(27-13-15-28-16-14-27)17-26-22(23-2)25-12-10-20-5-3-4-11-24-20;/h3-9,11,21H,10,12-17H2,1-2H3,(H2,23,25,26);1H. The molecule has 1 saturated heterocycles. The smallest absolute Gasteiger partial charge is 0.191 e. The van der Waals surface area contributed by atoms with Crippen molar-refractivity contribution < 1.29 is 4.74 Å². The number of aliphatic imine (C=N–C) groups is 1. The lowest BCUT2D eigenvalue weighted by atomic mass is 10.0. The van der Waals surface area contributed by atoms with Gasteiger partial charge in [-0.2, -0.15) is 0 Å². The molecule has 1 fully saturated rings. The van der Waals surface area contributed by atoms with Gasteiger partial charge in [0, 0.05) is 51.5 Å². The van der Waals surface area contributed by atoms with Crippen LogP contribution in [0.3, 0.4) is 0 Å². The van der Waals surface area contributed by atoms with Crippen LogP contribution in [0.2, 0.25) is 0 Å². The SMILES string of the molecule is CN=C(NCCc1ccccn1)NCC(c1ccc(C)cc1)N1CCOCC1.I. The number of pyridine rings is 1. The minimum atomic E-state index is 0. The summed E-state index contributed by atoms with van der Waals surface area (Å²) >= 11 is 0. The highest BCUT2D eigenvalue weighted by molar-refractivity contribution is 14.0. The molecule has 0 aliphatic carbocycles. The second-order valence-corrected chi connectivity index (χ2v) is 7.03. The van der Waals surface area contributed by atoms with E-state index in [1.807, 2.05) is 31.4 Å². The molecule has 2 aromatic rings. The largest absolute Gasteiger partial charge is 0.379 e. The van der Waals surface area contributed by atoms with Gasteiger partial charge in [0.05, 0.1) is 19.3 Å². The summed E-state index contributed by atoms with van der Waals surface area (Å²) < 4.78 is 5.54. The van der Waals surface area contributed by atoms with Gasteiger partial charge in [0.25, 0.3) is 0 Å². The maximum atomic E-state index is 5.54. The van der Waals surface area contributed by atoms with Crippen molar-refractivity contribution in [3.05, 3.63) is 65.5 Å². The third-order valence-electron chi connectivity index (χ3n) is 5.03. The van der Waals surface area contributed by atoms with Crippen LogP contribution in [0.5, 0.6) is 0 Å². The third-order valence-corrected chi connectivity index (χ3v) is 5.03. The normalized spacial score (nSPS) is 16.0. The molecule has 1 atom stereocenters. The molecule has 158 valence electrons. The van der Waals surface area contributed by atoms with E-state index in [1.165, 1.54) is 11.1 Å². The minimum Gasteiger partial charge on any atom is -0.379 e. The summed E-state index contributed by atoms with van der Waals surface area (Å²) in [5, 5.41) is 6.89. The van der Waals surface area contributed by atoms with Crippen LogP contribution in [0.4, 0.5) is 0 Å². The summed E-state index contributed by atoms with van der Waals surface area (Å²) in [7, 11) is 1.81. The lowest BCUT2D eigenvalue weighted by Crippen LogP contribution is -2.46. The van der Waals surface area contributed by atoms with Gasteiger partial charge < -0.3 is 15.4 Å². The molecule has 0 spiro atoms. The molecule has 1 aliphatic rings. The van der Waals surface area contributed by atoms with Crippen molar-refractivity contribution in [2.24, 2.45) is 4.99 Å². The molecule has 1 aliphatic heterocycles. The minimum absolute atomic E-state index is 0. The van der Waals surface area contributed by atoms with Crippen LogP contribution in [0.25, 0.3) is 0 Å². The average molecular weight is 509 g/mol. The molecule has 7 heteroatoms. The summed E-state index contributed by atoms with van der Waals surface area (Å²) in [6, 6.07) is 15.1. The van der Waals surface area contributed by atoms with Crippen LogP contribution >= 0.6 is 24.0 Å². The number of nitrogens with one attached hydrogen (secondary N) is 2. The van der Waals surface area contributed by atoms with E-state index < -0.39 is 0 Å². The number of nitrogens with zero attached hydrogens (tertiary/aromatic N) is 3. The zero-order valence-corrected chi connectivity index (χ0v) is 19.6. The molecular formula is C22H32IN5O. The molecule has 3 rings (SSSR count). The Morgan fingerprint density at radius 3 is 2.55 bits per heavy atom. The fourth-order valence-electron chi connectivity index (χ4n) is 3.40. The van der Waals surface area contributed by atoms with Crippen molar-refractivity contribution in [1.29, 1.82) is 0 Å². The zero-order valence-electron chi connectivity index (χ0n) is 17.3. The number of rotatable bonds is 7. The lowest BCUT2D eigenvalue weighted by molar-refractivity contribution is 0.0170. The van der Waals surface area contributed by atoms with Gasteiger partial charge in [0.2, 0.25) is 0 Å². The van der Waals surface area contributed by atoms with E-state index in [0.717, 1.165) is 57.5 Å². The maximum Gasteiger partial charge on any atom is 0.191 e. The van der Waals surface area contributed by atoms with Gasteiger partial charge in [-0.15, -0.1) is 24.0 Å². The molecule has 0 bridgehead atoms. The second-order valence-electron chi connectivity index (χ2n) is 7.03. The van der Waals surface area contributed by atoms with Crippen LogP contribution in [0, 0.1) is 6.92 Å². The van der Waals surface area contributed by atoms with E-state index in [4.69, 9.17) is 4.74 Å². The summed E-state index contributed by atoms with van der Waals surface area (Å²) in [5.74, 6) is 0.821. The molecule has 1 aromatic heterocycles. The molecule has 1 unspecified atom stereocenters. The summed E-state index contributed by atoms with van der Waals surface area (Å²) in [6.07, 6.45) is 2.70. The predicted octanol–water partition coefficient (Wildman–Crippen LogP) is 2.79. The summed E-state index contributed by atoms with van der Waals surface area (Å²) in [4.78, 5) is 11.2. The number of hydrogen-bond donors (Lipinski definition) is 2. The molecule has 29 heavy (non-hydrogen) atoms. The van der Waals surface area contributed by atoms with E-state index >= 15 is 0 Å². The van der Waals surface area contributed by atoms with E-state index in [2.05, 4.69) is 56.7 Å². The van der Waals surface area contributed by atoms with Crippen molar-refractivity contribution in [3.8, 4) is 0 Å². The van der Waals surface area contributed by atoms with Crippen molar-refractivity contribution in [1.82, 2.24) is 20.5 Å². The quantitative estimate of drug-likeness (QED) is 0.342. The third kappa shape index (κ3) is 7.56. The van der Waals surface area contributed by atoms with Gasteiger partial charge in [-0.25, -0.2) is 0 Å². The number of guanidine groups is 1. The second kappa shape index (κ2) is 12.8. The molecule has 0 amide bonds. The maximum absolute atomic E-state index is 5.54. The highest BCUT2D eigenvalue weighted by Crippen LogP contribution is 2.21. The number of halogens is 1. The molecule has 0 radical (unpaired) electrons. The number of aryl methyl sites for hydroxylation is 1. The first-order valence-corrected chi connectivity index (χ1v) is 9.99. The van der Waals surface area contributed by atoms with Crippen LogP contribution in [-0.4, -0.2) is 62.3 Å². The number of ether oxygens (including phenoxy) is 1. The van der Waals surface area contributed by atoms with Crippen LogP contribution in [0.1, 0.15) is 22.9 Å². The highest BCUT2D eigenvalue weighted by atomic mass is 127. The monoisotopic (exact) mass is 509 g/mol. The van der Waals surface area contributed by atoms with Crippen LogP contribution < -0.4 is 10.6 Å². The van der Waals surface area contributed by atoms with Crippen LogP contribution in [-0.2, 0) is 11.2 Å². The highest BCUT2D eigenvalue weighted by Gasteiger charge is 2.22. The Morgan fingerprint density at radius 2 is 1.90 bits per heavy atom. The number of benzene rings is 1. The number of aromatic nitrogens is 1. The molecule has 2 N–H and O–H groups in total. The van der Waals surface area contributed by atoms with E-state index in [-0.39, 0.29) is 24.0 Å². The van der Waals surface area contributed by atoms with E-state index in [9.17, 15) is 0 Å². The number of hydrogen-bond acceptors (Lipinski definition) is 4. The Hall–Kier alpha value is -1.71. The lowest BCUT2D eigenvalue weighted by Gasteiger charge is -2.35. The van der Waals surface area contributed by atoms with Gasteiger partial charge in [0.1, 0.15) is 0 Å². The van der Waals surface area contributed by atoms with Gasteiger partial charge in [0.15, 0.2) is 5.96 Å². The zero-order chi connectivity index (χ0) is 19.6. The predicted molar refractivity (Wildman–Crippen MR) is 129 cm³/mol. The number of morpholine rings is 1. The Morgan fingerprint density at radius 1 is 1.14 bits per heavy atom. The van der Waals surface area contributed by atoms with Crippen molar-refractivity contribution >= 4 is 29.9 Å². The molecule has 1 aromatic carbocycles. The first-order chi connectivity index (χ1) is 13.8. The Bertz CT molecular complexity index is 733. The fourth-order valence-corrected chi connectivity index (χ4v) is 3.40. The van der Waals surface area contributed by atoms with Crippen molar-refractivity contribution in [2.45, 2.75) is 19.4 Å². The fraction of sp³-hybridized carbons (Fsp3) is 0.455. The molecular weight excluding hydrogens is 477 g/mol. The van der Waals surface area contributed by atoms with E-state index in [1.54, 1.807) is 0 Å². The summed E-state index contributed by atoms with van der Waals surface area (Å²) in [6.45, 7) is 7.20. The van der Waals surface area contributed by atoms with Crippen molar-refractivity contribution in [3.63, 3.8) is 0 Å². The van der Waals surface area contributed by atoms with Gasteiger partial charge in [-0.1, -0.05) is 35.9 Å².